The minimum absolute atomic E-state index is 0.234. The number of benzene rings is 1. The van der Waals surface area contributed by atoms with Gasteiger partial charge in [-0.25, -0.2) is 0 Å². The van der Waals surface area contributed by atoms with Gasteiger partial charge in [0, 0.05) is 0 Å². The van der Waals surface area contributed by atoms with Crippen LogP contribution in [0.25, 0.3) is 0 Å². The van der Waals surface area contributed by atoms with Crippen LogP contribution in [0.4, 0.5) is 13.2 Å². The first-order valence-corrected chi connectivity index (χ1v) is 4.97. The zero-order chi connectivity index (χ0) is 12.2. The van der Waals surface area contributed by atoms with Crippen molar-refractivity contribution in [1.82, 2.24) is 0 Å². The first kappa shape index (κ1) is 12.6. The molecule has 0 aliphatic heterocycles. The minimum Gasteiger partial charge on any atom is -0.197 e. The highest BCUT2D eigenvalue weighted by molar-refractivity contribution is 5.20. The maximum absolute atomic E-state index is 12.8. The van der Waals surface area contributed by atoms with Gasteiger partial charge in [0.25, 0.3) is 0 Å². The highest BCUT2D eigenvalue weighted by atomic mass is 19.4. The number of alkyl halides is 3. The Kier molecular flexibility index (Phi) is 3.58. The number of hydrogen-bond donors (Lipinski definition) is 0. The van der Waals surface area contributed by atoms with Crippen molar-refractivity contribution >= 4 is 0 Å². The van der Waals surface area contributed by atoms with E-state index in [4.69, 9.17) is 5.26 Å². The summed E-state index contributed by atoms with van der Waals surface area (Å²) in [5, 5.41) is 8.80. The Balaban J connectivity index is 3.03. The molecule has 4 heteroatoms. The topological polar surface area (TPSA) is 23.8 Å². The Labute approximate surface area is 92.5 Å². The van der Waals surface area contributed by atoms with Crippen molar-refractivity contribution in [3.05, 3.63) is 35.9 Å². The van der Waals surface area contributed by atoms with Crippen molar-refractivity contribution in [2.45, 2.75) is 25.9 Å². The van der Waals surface area contributed by atoms with E-state index in [0.717, 1.165) is 0 Å². The monoisotopic (exact) mass is 227 g/mol. The molecular weight excluding hydrogens is 215 g/mol. The van der Waals surface area contributed by atoms with Gasteiger partial charge in [0.05, 0.1) is 6.07 Å². The summed E-state index contributed by atoms with van der Waals surface area (Å²) in [5.41, 5.74) is -1.74. The van der Waals surface area contributed by atoms with E-state index in [-0.39, 0.29) is 12.8 Å². The summed E-state index contributed by atoms with van der Waals surface area (Å²) >= 11 is 0. The Morgan fingerprint density at radius 2 is 1.75 bits per heavy atom. The lowest BCUT2D eigenvalue weighted by molar-refractivity contribution is -0.203. The van der Waals surface area contributed by atoms with Crippen molar-refractivity contribution in [2.24, 2.45) is 5.41 Å². The van der Waals surface area contributed by atoms with E-state index in [1.165, 1.54) is 13.0 Å². The Hall–Kier alpha value is -1.50. The zero-order valence-electron chi connectivity index (χ0n) is 8.88. The molecule has 0 saturated carbocycles. The van der Waals surface area contributed by atoms with Crippen LogP contribution in [-0.4, -0.2) is 6.18 Å². The summed E-state index contributed by atoms with van der Waals surface area (Å²) in [5.74, 6) is 0. The molecule has 1 aromatic rings. The quantitative estimate of drug-likeness (QED) is 0.772. The lowest BCUT2D eigenvalue weighted by atomic mass is 9.80. The van der Waals surface area contributed by atoms with Crippen molar-refractivity contribution in [1.29, 1.82) is 5.26 Å². The molecule has 0 aliphatic carbocycles. The van der Waals surface area contributed by atoms with Crippen molar-refractivity contribution in [2.75, 3.05) is 0 Å². The van der Waals surface area contributed by atoms with E-state index in [1.54, 1.807) is 30.3 Å². The highest BCUT2D eigenvalue weighted by Gasteiger charge is 2.53. The van der Waals surface area contributed by atoms with Gasteiger partial charge in [-0.2, -0.15) is 18.4 Å². The summed E-state index contributed by atoms with van der Waals surface area (Å²) in [4.78, 5) is 0. The van der Waals surface area contributed by atoms with Crippen molar-refractivity contribution < 1.29 is 13.2 Å². The second-order valence-electron chi connectivity index (χ2n) is 3.71. The normalized spacial score (nSPS) is 15.2. The molecule has 0 N–H and O–H groups in total. The van der Waals surface area contributed by atoms with Gasteiger partial charge in [-0.1, -0.05) is 37.3 Å². The van der Waals surface area contributed by atoms with Gasteiger partial charge in [-0.05, 0) is 18.4 Å². The van der Waals surface area contributed by atoms with Gasteiger partial charge in [0.2, 0.25) is 0 Å². The Morgan fingerprint density at radius 1 is 1.19 bits per heavy atom. The molecule has 0 aliphatic rings. The molecule has 0 spiro atoms. The number of halogens is 3. The molecule has 0 amide bonds. The van der Waals surface area contributed by atoms with Gasteiger partial charge in [0.1, 0.15) is 0 Å². The molecule has 16 heavy (non-hydrogen) atoms. The van der Waals surface area contributed by atoms with Crippen LogP contribution in [-0.2, 0) is 6.42 Å². The maximum atomic E-state index is 12.8. The van der Waals surface area contributed by atoms with Crippen LogP contribution in [0.5, 0.6) is 0 Å². The molecule has 0 heterocycles. The van der Waals surface area contributed by atoms with Gasteiger partial charge >= 0.3 is 6.18 Å². The molecule has 0 saturated heterocycles. The van der Waals surface area contributed by atoms with Gasteiger partial charge in [0.15, 0.2) is 5.41 Å². The fraction of sp³-hybridized carbons (Fsp3) is 0.417. The molecule has 1 unspecified atom stereocenters. The third-order valence-electron chi connectivity index (χ3n) is 2.71. The van der Waals surface area contributed by atoms with Crippen LogP contribution in [0.3, 0.4) is 0 Å². The molecule has 86 valence electrons. The van der Waals surface area contributed by atoms with Crippen LogP contribution in [0, 0.1) is 16.7 Å². The lowest BCUT2D eigenvalue weighted by Crippen LogP contribution is -2.38. The van der Waals surface area contributed by atoms with Gasteiger partial charge < -0.3 is 0 Å². The predicted molar refractivity (Wildman–Crippen MR) is 54.5 cm³/mol. The molecule has 0 bridgehead atoms. The second-order valence-corrected chi connectivity index (χ2v) is 3.71. The summed E-state index contributed by atoms with van der Waals surface area (Å²) in [6, 6.07) is 9.71. The molecule has 0 fully saturated rings. The van der Waals surface area contributed by atoms with E-state index < -0.39 is 11.6 Å². The van der Waals surface area contributed by atoms with Crippen LogP contribution in [0.1, 0.15) is 18.9 Å². The van der Waals surface area contributed by atoms with E-state index in [2.05, 4.69) is 0 Å². The smallest absolute Gasteiger partial charge is 0.197 e. The van der Waals surface area contributed by atoms with Crippen LogP contribution in [0.15, 0.2) is 30.3 Å². The third-order valence-corrected chi connectivity index (χ3v) is 2.71. The second kappa shape index (κ2) is 4.56. The molecule has 1 atom stereocenters. The summed E-state index contributed by atoms with van der Waals surface area (Å²) in [6.07, 6.45) is -5.02. The highest BCUT2D eigenvalue weighted by Crippen LogP contribution is 2.43. The average Bonchev–Trinajstić information content (AvgIpc) is 2.25. The lowest BCUT2D eigenvalue weighted by Gasteiger charge is -2.27. The summed E-state index contributed by atoms with van der Waals surface area (Å²) in [6.45, 7) is 1.39. The summed E-state index contributed by atoms with van der Waals surface area (Å²) in [7, 11) is 0. The molecule has 1 aromatic carbocycles. The fourth-order valence-corrected chi connectivity index (χ4v) is 1.55. The SMILES string of the molecule is CCC(C#N)(Cc1ccccc1)C(F)(F)F. The molecule has 1 nitrogen and oxygen atoms in total. The average molecular weight is 227 g/mol. The van der Waals surface area contributed by atoms with Crippen LogP contribution < -0.4 is 0 Å². The maximum Gasteiger partial charge on any atom is 0.407 e. The van der Waals surface area contributed by atoms with Crippen molar-refractivity contribution in [3.63, 3.8) is 0 Å². The summed E-state index contributed by atoms with van der Waals surface area (Å²) < 4.78 is 38.5. The number of nitrogens with zero attached hydrogens (tertiary/aromatic N) is 1. The largest absolute Gasteiger partial charge is 0.407 e. The molecule has 0 radical (unpaired) electrons. The van der Waals surface area contributed by atoms with Crippen LogP contribution in [0.2, 0.25) is 0 Å². The third kappa shape index (κ3) is 2.35. The number of hydrogen-bond acceptors (Lipinski definition) is 1. The van der Waals surface area contributed by atoms with E-state index >= 15 is 0 Å². The molecular formula is C12H12F3N. The van der Waals surface area contributed by atoms with E-state index in [0.29, 0.717) is 5.56 Å². The van der Waals surface area contributed by atoms with Gasteiger partial charge in [-0.15, -0.1) is 0 Å². The number of nitriles is 1. The number of rotatable bonds is 3. The predicted octanol–water partition coefficient (Wildman–Crippen LogP) is 3.71. The minimum atomic E-state index is -4.49. The van der Waals surface area contributed by atoms with Crippen LogP contribution >= 0.6 is 0 Å². The van der Waals surface area contributed by atoms with Gasteiger partial charge in [-0.3, -0.25) is 0 Å². The zero-order valence-corrected chi connectivity index (χ0v) is 8.88. The Bertz CT molecular complexity index is 377. The fourth-order valence-electron chi connectivity index (χ4n) is 1.55. The van der Waals surface area contributed by atoms with E-state index in [1.807, 2.05) is 0 Å². The first-order chi connectivity index (χ1) is 7.45. The molecule has 0 aromatic heterocycles. The molecule has 1 rings (SSSR count). The first-order valence-electron chi connectivity index (χ1n) is 4.97. The van der Waals surface area contributed by atoms with Crippen molar-refractivity contribution in [3.8, 4) is 6.07 Å². The Morgan fingerprint density at radius 3 is 2.12 bits per heavy atom. The standard InChI is InChI=1S/C12H12F3N/c1-2-11(9-16,12(13,14)15)8-10-6-4-3-5-7-10/h3-7H,2,8H2,1H3. The van der Waals surface area contributed by atoms with E-state index in [9.17, 15) is 13.2 Å².